The van der Waals surface area contributed by atoms with E-state index in [1.54, 1.807) is 30.1 Å². The summed E-state index contributed by atoms with van der Waals surface area (Å²) < 4.78 is 111. The fraction of sp³-hybridized carbons (Fsp3) is 0.681. The molecule has 6 amide bonds. The van der Waals surface area contributed by atoms with Gasteiger partial charge in [0.2, 0.25) is 35.4 Å². The molecule has 1 aromatic heterocycles. The Bertz CT molecular complexity index is 2450. The average molecular weight is 1050 g/mol. The molecule has 2 aromatic rings. The summed E-state index contributed by atoms with van der Waals surface area (Å²) in [7, 11) is 0.678. The van der Waals surface area contributed by atoms with Gasteiger partial charge in [0.25, 0.3) is 15.9 Å². The number of carbonyl (C=O) groups excluding carboxylic acids is 6. The van der Waals surface area contributed by atoms with E-state index in [9.17, 15) is 63.5 Å². The molecular weight excluding hydrogens is 986 g/mol. The number of aromatic nitrogens is 2. The summed E-state index contributed by atoms with van der Waals surface area (Å²) in [6.45, 7) is 3.06. The Balaban J connectivity index is 1.26. The van der Waals surface area contributed by atoms with Crippen LogP contribution in [0.15, 0.2) is 30.6 Å². The summed E-state index contributed by atoms with van der Waals surface area (Å²) in [4.78, 5) is 90.0. The van der Waals surface area contributed by atoms with E-state index >= 15 is 0 Å². The van der Waals surface area contributed by atoms with Crippen molar-refractivity contribution in [2.75, 3.05) is 40.5 Å². The van der Waals surface area contributed by atoms with Gasteiger partial charge in [-0.3, -0.25) is 28.8 Å². The molecule has 3 heterocycles. The van der Waals surface area contributed by atoms with Crippen LogP contribution in [0.5, 0.6) is 0 Å². The molecule has 2 N–H and O–H groups in total. The van der Waals surface area contributed by atoms with Gasteiger partial charge in [-0.2, -0.15) is 22.4 Å². The number of nitrogens with one attached hydrogen (secondary N) is 2. The van der Waals surface area contributed by atoms with Crippen molar-refractivity contribution in [1.29, 1.82) is 0 Å². The zero-order chi connectivity index (χ0) is 52.5. The Hall–Kier alpha value is -4.93. The van der Waals surface area contributed by atoms with Crippen LogP contribution in [0.2, 0.25) is 5.02 Å². The maximum atomic E-state index is 14.9. The van der Waals surface area contributed by atoms with E-state index in [1.165, 1.54) is 31.4 Å². The van der Waals surface area contributed by atoms with Gasteiger partial charge in [-0.15, -0.1) is 0 Å². The Morgan fingerprint density at radius 1 is 1.00 bits per heavy atom. The lowest BCUT2D eigenvalue weighted by Gasteiger charge is -2.48. The molecule has 2 saturated carbocycles. The van der Waals surface area contributed by atoms with E-state index in [0.717, 1.165) is 15.2 Å². The molecule has 6 rings (SSSR count). The van der Waals surface area contributed by atoms with Gasteiger partial charge in [-0.25, -0.2) is 21.6 Å². The van der Waals surface area contributed by atoms with Gasteiger partial charge in [0, 0.05) is 64.0 Å². The number of halogens is 7. The van der Waals surface area contributed by atoms with Crippen molar-refractivity contribution in [3.8, 4) is 11.1 Å². The number of amides is 6. The lowest BCUT2D eigenvalue weighted by Crippen LogP contribution is -2.65. The Morgan fingerprint density at radius 2 is 1.65 bits per heavy atom. The highest BCUT2D eigenvalue weighted by Gasteiger charge is 2.75. The lowest BCUT2D eigenvalue weighted by molar-refractivity contribution is -0.299. The first-order chi connectivity index (χ1) is 33.0. The van der Waals surface area contributed by atoms with Crippen molar-refractivity contribution in [2.45, 2.75) is 146 Å². The second-order valence-corrected chi connectivity index (χ2v) is 22.5. The molecule has 2 aliphatic carbocycles. The van der Waals surface area contributed by atoms with Crippen LogP contribution in [0, 0.1) is 17.3 Å². The number of likely N-dealkylation sites (tertiary alicyclic amines) is 1. The van der Waals surface area contributed by atoms with Gasteiger partial charge >= 0.3 is 6.18 Å². The molecule has 0 unspecified atom stereocenters. The molecule has 394 valence electrons. The van der Waals surface area contributed by atoms with Crippen LogP contribution in [0.4, 0.5) is 26.3 Å². The highest BCUT2D eigenvalue weighted by atomic mass is 35.5. The number of carbonyl (C=O) groups is 6. The fourth-order valence-electron chi connectivity index (χ4n) is 9.95. The number of benzene rings is 1. The second kappa shape index (κ2) is 21.7. The molecule has 2 aliphatic heterocycles. The smallest absolute Gasteiger partial charge is 0.344 e. The molecule has 4 aliphatic rings. The normalized spacial score (nSPS) is 25.4. The molecule has 0 spiro atoms. The Kier molecular flexibility index (Phi) is 16.9. The van der Waals surface area contributed by atoms with Crippen LogP contribution in [0.1, 0.15) is 96.5 Å². The minimum absolute atomic E-state index is 0.0836. The number of hydrogen-bond acceptors (Lipinski definition) is 9. The van der Waals surface area contributed by atoms with Crippen LogP contribution in [0.25, 0.3) is 11.1 Å². The molecule has 4 fully saturated rings. The average Bonchev–Trinajstić information content (AvgIpc) is 3.84. The van der Waals surface area contributed by atoms with E-state index < -0.39 is 131 Å². The van der Waals surface area contributed by atoms with Gasteiger partial charge in [-0.05, 0) is 67.2 Å². The third kappa shape index (κ3) is 12.6. The summed E-state index contributed by atoms with van der Waals surface area (Å²) in [5.41, 5.74) is -2.09. The number of rotatable bonds is 12. The number of hydrogen-bond donors (Lipinski definition) is 2. The van der Waals surface area contributed by atoms with Crippen molar-refractivity contribution in [3.05, 3.63) is 41.2 Å². The predicted molar refractivity (Wildman–Crippen MR) is 249 cm³/mol. The van der Waals surface area contributed by atoms with Crippen molar-refractivity contribution in [2.24, 2.45) is 17.3 Å². The van der Waals surface area contributed by atoms with Crippen LogP contribution < -0.4 is 10.6 Å². The zero-order valence-electron chi connectivity index (χ0n) is 40.6. The van der Waals surface area contributed by atoms with Crippen molar-refractivity contribution < 1.29 is 63.5 Å². The van der Waals surface area contributed by atoms with Gasteiger partial charge in [0.1, 0.15) is 36.4 Å². The summed E-state index contributed by atoms with van der Waals surface area (Å²) in [5, 5.41) is 9.66. The first-order valence-electron chi connectivity index (χ1n) is 23.9. The van der Waals surface area contributed by atoms with Gasteiger partial charge < -0.3 is 30.2 Å². The standard InChI is InChI=1S/C47H63ClF6N8O8S/c1-27(2)18-34-41(65)60(5)37(20-29-19-31(48)15-16-33(29)30-22-55-62(23-30)71(6,69)70)42(66)58(3)17-11-9-7-8-10-12-35(39(63)56-34)59(4)43(67)38(28-13-14-28)57-40(64)36-21-32(49)24-61(36)44(68)45(47(52,53)54)25-46(50,51)26-45/h15-16,19,22-23,27-28,32,34-38H,7-14,17-18,20-21,24-26H2,1-6H3,(H,56,63)(H,57,64)/t32-,34+,35+,36+,37+,38+/m1/s1. The number of alkyl halides is 6. The molecule has 16 nitrogen and oxygen atoms in total. The van der Waals surface area contributed by atoms with Crippen LogP contribution in [0.3, 0.4) is 0 Å². The van der Waals surface area contributed by atoms with E-state index in [-0.39, 0.29) is 25.2 Å². The lowest BCUT2D eigenvalue weighted by atomic mass is 9.64. The Morgan fingerprint density at radius 3 is 2.24 bits per heavy atom. The quantitative estimate of drug-likeness (QED) is 0.264. The summed E-state index contributed by atoms with van der Waals surface area (Å²) in [6.07, 6.45) is -4.09. The third-order valence-corrected chi connectivity index (χ3v) is 15.2. The highest BCUT2D eigenvalue weighted by Crippen LogP contribution is 2.61. The molecule has 2 saturated heterocycles. The number of likely N-dealkylation sites (N-methyl/N-ethyl adjacent to an activating group) is 3. The molecule has 6 atom stereocenters. The fourth-order valence-corrected chi connectivity index (χ4v) is 10.7. The van der Waals surface area contributed by atoms with Crippen molar-refractivity contribution >= 4 is 57.1 Å². The third-order valence-electron chi connectivity index (χ3n) is 14.1. The molecule has 0 radical (unpaired) electrons. The minimum Gasteiger partial charge on any atom is -0.344 e. The van der Waals surface area contributed by atoms with E-state index in [2.05, 4.69) is 15.7 Å². The van der Waals surface area contributed by atoms with Crippen LogP contribution in [-0.2, 0) is 45.2 Å². The second-order valence-electron chi connectivity index (χ2n) is 20.2. The van der Waals surface area contributed by atoms with E-state index in [4.69, 9.17) is 11.6 Å². The largest absolute Gasteiger partial charge is 0.403 e. The first-order valence-corrected chi connectivity index (χ1v) is 26.1. The zero-order valence-corrected chi connectivity index (χ0v) is 42.2. The van der Waals surface area contributed by atoms with Crippen molar-refractivity contribution in [1.82, 2.24) is 39.4 Å². The van der Waals surface area contributed by atoms with Crippen molar-refractivity contribution in [3.63, 3.8) is 0 Å². The topological polar surface area (TPSA) is 191 Å². The molecule has 71 heavy (non-hydrogen) atoms. The summed E-state index contributed by atoms with van der Waals surface area (Å²) >= 11 is 6.48. The molecule has 1 aromatic carbocycles. The first kappa shape index (κ1) is 55.4. The maximum absolute atomic E-state index is 14.9. The summed E-state index contributed by atoms with van der Waals surface area (Å²) in [6, 6.07) is -1.94. The molecular formula is C47H63ClF6N8O8S. The minimum atomic E-state index is -5.41. The predicted octanol–water partition coefficient (Wildman–Crippen LogP) is 5.36. The highest BCUT2D eigenvalue weighted by molar-refractivity contribution is 7.89. The van der Waals surface area contributed by atoms with E-state index in [1.807, 2.05) is 13.8 Å². The summed E-state index contributed by atoms with van der Waals surface area (Å²) in [5.74, 6) is -9.96. The molecule has 0 bridgehead atoms. The van der Waals surface area contributed by atoms with Crippen LogP contribution >= 0.6 is 11.6 Å². The van der Waals surface area contributed by atoms with Crippen LogP contribution in [-0.4, -0.2) is 162 Å². The SMILES string of the molecule is CC(C)C[C@@H]1NC(=O)[C@@H](N(C)C(=O)[C@@H](NC(=O)[C@@H]2C[C@@H](F)CN2C(=O)C2(C(F)(F)F)CC(F)(F)C2)C2CC2)CCCCCCCN(C)C(=O)[C@H](Cc2cc(Cl)ccc2-c2cnn(S(C)(=O)=O)c2)N(C)C1=O. The van der Waals surface area contributed by atoms with Gasteiger partial charge in [0.15, 0.2) is 5.41 Å². The number of nitrogens with zero attached hydrogens (tertiary/aromatic N) is 6. The Labute approximate surface area is 414 Å². The monoisotopic (exact) mass is 1050 g/mol. The van der Waals surface area contributed by atoms with E-state index in [0.29, 0.717) is 78.1 Å². The van der Waals surface area contributed by atoms with Gasteiger partial charge in [-0.1, -0.05) is 57.2 Å². The van der Waals surface area contributed by atoms with Gasteiger partial charge in [0.05, 0.1) is 25.2 Å². The maximum Gasteiger partial charge on any atom is 0.403 e. The molecule has 24 heteroatoms.